The van der Waals surface area contributed by atoms with E-state index in [1.54, 1.807) is 25.4 Å². The van der Waals surface area contributed by atoms with Crippen molar-refractivity contribution in [2.45, 2.75) is 26.8 Å². The average Bonchev–Trinajstić information content (AvgIpc) is 2.85. The predicted molar refractivity (Wildman–Crippen MR) is 66.0 cm³/mol. The third-order valence-electron chi connectivity index (χ3n) is 2.71. The smallest absolute Gasteiger partial charge is 0.253 e. The molecule has 2 N–H and O–H groups in total. The maximum absolute atomic E-state index is 12.1. The highest BCUT2D eigenvalue weighted by molar-refractivity contribution is 5.95. The fourth-order valence-corrected chi connectivity index (χ4v) is 1.64. The Kier molecular flexibility index (Phi) is 3.36. The molecule has 0 aliphatic carbocycles. The Morgan fingerprint density at radius 3 is 2.83 bits per heavy atom. The normalized spacial score (nSPS) is 12.2. The van der Waals surface area contributed by atoms with Gasteiger partial charge in [-0.1, -0.05) is 0 Å². The first-order valence-corrected chi connectivity index (χ1v) is 5.68. The summed E-state index contributed by atoms with van der Waals surface area (Å²) in [5.41, 5.74) is 2.83. The molecule has 6 heteroatoms. The zero-order chi connectivity index (χ0) is 13.1. The number of nitrogens with one attached hydrogen (secondary N) is 2. The van der Waals surface area contributed by atoms with Gasteiger partial charge >= 0.3 is 0 Å². The molecule has 0 bridgehead atoms. The van der Waals surface area contributed by atoms with Crippen LogP contribution in [-0.4, -0.2) is 26.3 Å². The number of aromatic amines is 1. The zero-order valence-corrected chi connectivity index (χ0v) is 10.6. The number of carbonyl (C=O) groups is 1. The van der Waals surface area contributed by atoms with Crippen molar-refractivity contribution in [3.63, 3.8) is 0 Å². The second-order valence-electron chi connectivity index (χ2n) is 4.21. The van der Waals surface area contributed by atoms with E-state index in [1.165, 1.54) is 0 Å². The molecule has 0 spiro atoms. The van der Waals surface area contributed by atoms with Crippen LogP contribution in [0.1, 0.15) is 40.3 Å². The minimum Gasteiger partial charge on any atom is -0.345 e. The van der Waals surface area contributed by atoms with Gasteiger partial charge in [-0.3, -0.25) is 9.89 Å². The number of nitrogens with zero attached hydrogens (tertiary/aromatic N) is 3. The molecule has 2 aromatic rings. The molecule has 2 aromatic heterocycles. The summed E-state index contributed by atoms with van der Waals surface area (Å²) in [5, 5.41) is 17.3. The molecule has 0 aromatic carbocycles. The second kappa shape index (κ2) is 4.95. The summed E-state index contributed by atoms with van der Waals surface area (Å²) in [6.45, 7) is 5.48. The monoisotopic (exact) mass is 245 g/mol. The Hall–Kier alpha value is -2.24. The van der Waals surface area contributed by atoms with Crippen LogP contribution in [0.5, 0.6) is 0 Å². The van der Waals surface area contributed by atoms with Crippen LogP contribution < -0.4 is 5.32 Å². The standard InChI is InChI=1S/C12H15N5O/c1-7-4-11(9(3)17-16-7)12(18)15-8(2)10-5-13-14-6-10/h4-6,8H,1-3H3,(H,13,14)(H,15,18). The topological polar surface area (TPSA) is 83.6 Å². The summed E-state index contributed by atoms with van der Waals surface area (Å²) >= 11 is 0. The van der Waals surface area contributed by atoms with Gasteiger partial charge in [0.2, 0.25) is 0 Å². The Labute approximate surface area is 105 Å². The van der Waals surface area contributed by atoms with Gasteiger partial charge in [-0.25, -0.2) is 0 Å². The number of hydrogen-bond acceptors (Lipinski definition) is 4. The van der Waals surface area contributed by atoms with Crippen molar-refractivity contribution in [3.8, 4) is 0 Å². The molecule has 0 saturated heterocycles. The summed E-state index contributed by atoms with van der Waals surface area (Å²) in [4.78, 5) is 12.1. The Morgan fingerprint density at radius 2 is 2.17 bits per heavy atom. The maximum atomic E-state index is 12.1. The molecule has 1 atom stereocenters. The molecule has 0 saturated carbocycles. The first-order valence-electron chi connectivity index (χ1n) is 5.68. The van der Waals surface area contributed by atoms with Crippen molar-refractivity contribution in [2.75, 3.05) is 0 Å². The van der Waals surface area contributed by atoms with Gasteiger partial charge < -0.3 is 5.32 Å². The molecule has 6 nitrogen and oxygen atoms in total. The number of aryl methyl sites for hydroxylation is 2. The van der Waals surface area contributed by atoms with E-state index in [4.69, 9.17) is 0 Å². The highest BCUT2D eigenvalue weighted by Crippen LogP contribution is 2.12. The van der Waals surface area contributed by atoms with Crippen molar-refractivity contribution in [1.29, 1.82) is 0 Å². The lowest BCUT2D eigenvalue weighted by Gasteiger charge is -2.13. The number of aromatic nitrogens is 4. The van der Waals surface area contributed by atoms with Gasteiger partial charge in [-0.15, -0.1) is 0 Å². The second-order valence-corrected chi connectivity index (χ2v) is 4.21. The molecular formula is C12H15N5O. The molecule has 1 unspecified atom stereocenters. The van der Waals surface area contributed by atoms with Gasteiger partial charge in [0.25, 0.3) is 5.91 Å². The van der Waals surface area contributed by atoms with E-state index in [9.17, 15) is 4.79 Å². The van der Waals surface area contributed by atoms with E-state index < -0.39 is 0 Å². The van der Waals surface area contributed by atoms with Gasteiger partial charge in [0, 0.05) is 11.8 Å². The summed E-state index contributed by atoms with van der Waals surface area (Å²) in [7, 11) is 0. The first-order chi connectivity index (χ1) is 8.58. The van der Waals surface area contributed by atoms with Crippen LogP contribution in [0.3, 0.4) is 0 Å². The molecule has 2 heterocycles. The molecule has 1 amide bonds. The fourth-order valence-electron chi connectivity index (χ4n) is 1.64. The SMILES string of the molecule is Cc1cc(C(=O)NC(C)c2cn[nH]c2)c(C)nn1. The van der Waals surface area contributed by atoms with Gasteiger partial charge in [0.05, 0.1) is 29.2 Å². The molecule has 0 fully saturated rings. The van der Waals surface area contributed by atoms with Gasteiger partial charge in [-0.2, -0.15) is 15.3 Å². The summed E-state index contributed by atoms with van der Waals surface area (Å²) in [6, 6.07) is 1.63. The van der Waals surface area contributed by atoms with E-state index >= 15 is 0 Å². The summed E-state index contributed by atoms with van der Waals surface area (Å²) in [5.74, 6) is -0.154. The van der Waals surface area contributed by atoms with Crippen LogP contribution >= 0.6 is 0 Å². The van der Waals surface area contributed by atoms with Crippen LogP contribution in [0.15, 0.2) is 18.5 Å². The molecule has 0 radical (unpaired) electrons. The van der Waals surface area contributed by atoms with E-state index in [1.807, 2.05) is 13.8 Å². The van der Waals surface area contributed by atoms with Crippen molar-refractivity contribution in [2.24, 2.45) is 0 Å². The van der Waals surface area contributed by atoms with E-state index in [0.717, 1.165) is 11.3 Å². The Morgan fingerprint density at radius 1 is 1.39 bits per heavy atom. The highest BCUT2D eigenvalue weighted by atomic mass is 16.1. The lowest BCUT2D eigenvalue weighted by molar-refractivity contribution is 0.0938. The number of rotatable bonds is 3. The van der Waals surface area contributed by atoms with Crippen molar-refractivity contribution >= 4 is 5.91 Å². The average molecular weight is 245 g/mol. The minimum absolute atomic E-state index is 0.107. The van der Waals surface area contributed by atoms with Crippen LogP contribution in [0.2, 0.25) is 0 Å². The fraction of sp³-hybridized carbons (Fsp3) is 0.333. The molecule has 0 aliphatic heterocycles. The quantitative estimate of drug-likeness (QED) is 0.854. The Bertz CT molecular complexity index is 550. The number of carbonyl (C=O) groups excluding carboxylic acids is 1. The van der Waals surface area contributed by atoms with Crippen molar-refractivity contribution in [3.05, 3.63) is 41.0 Å². The largest absolute Gasteiger partial charge is 0.345 e. The molecule has 0 aliphatic rings. The third-order valence-corrected chi connectivity index (χ3v) is 2.71. The van der Waals surface area contributed by atoms with Gasteiger partial charge in [0.15, 0.2) is 0 Å². The minimum atomic E-state index is -0.154. The van der Waals surface area contributed by atoms with Gasteiger partial charge in [-0.05, 0) is 26.8 Å². The van der Waals surface area contributed by atoms with E-state index in [2.05, 4.69) is 25.7 Å². The van der Waals surface area contributed by atoms with E-state index in [-0.39, 0.29) is 11.9 Å². The molecule has 2 rings (SSSR count). The molecular weight excluding hydrogens is 230 g/mol. The number of amides is 1. The van der Waals surface area contributed by atoms with Crippen LogP contribution in [0.4, 0.5) is 0 Å². The summed E-state index contributed by atoms with van der Waals surface area (Å²) < 4.78 is 0. The Balaban J connectivity index is 2.15. The van der Waals surface area contributed by atoms with Crippen molar-refractivity contribution in [1.82, 2.24) is 25.7 Å². The lowest BCUT2D eigenvalue weighted by Crippen LogP contribution is -2.27. The molecule has 94 valence electrons. The first kappa shape index (κ1) is 12.2. The lowest BCUT2D eigenvalue weighted by atomic mass is 10.1. The number of H-pyrrole nitrogens is 1. The molecule has 18 heavy (non-hydrogen) atoms. The van der Waals surface area contributed by atoms with Crippen LogP contribution in [-0.2, 0) is 0 Å². The third kappa shape index (κ3) is 2.53. The summed E-state index contributed by atoms with van der Waals surface area (Å²) in [6.07, 6.45) is 3.45. The zero-order valence-electron chi connectivity index (χ0n) is 10.6. The van der Waals surface area contributed by atoms with E-state index in [0.29, 0.717) is 11.3 Å². The maximum Gasteiger partial charge on any atom is 0.253 e. The van der Waals surface area contributed by atoms with Crippen molar-refractivity contribution < 1.29 is 4.79 Å². The predicted octanol–water partition coefficient (Wildman–Crippen LogP) is 1.31. The van der Waals surface area contributed by atoms with Gasteiger partial charge in [0.1, 0.15) is 0 Å². The number of hydrogen-bond donors (Lipinski definition) is 2. The van der Waals surface area contributed by atoms with Crippen LogP contribution in [0, 0.1) is 13.8 Å². The van der Waals surface area contributed by atoms with Crippen LogP contribution in [0.25, 0.3) is 0 Å². The highest BCUT2D eigenvalue weighted by Gasteiger charge is 2.15.